The van der Waals surface area contributed by atoms with E-state index in [-0.39, 0.29) is 6.04 Å². The van der Waals surface area contributed by atoms with Crippen LogP contribution in [0.2, 0.25) is 0 Å². The molecule has 0 aliphatic rings. The molecule has 0 unspecified atom stereocenters. The summed E-state index contributed by atoms with van der Waals surface area (Å²) in [5.41, 5.74) is 7.70. The largest absolute Gasteiger partial charge is 0.323 e. The van der Waals surface area contributed by atoms with Crippen LogP contribution in [0.3, 0.4) is 0 Å². The van der Waals surface area contributed by atoms with E-state index in [0.29, 0.717) is 6.42 Å². The van der Waals surface area contributed by atoms with E-state index in [1.807, 2.05) is 30.3 Å². The average molecular weight is 197 g/mol. The molecule has 0 amide bonds. The van der Waals surface area contributed by atoms with Crippen LogP contribution in [-0.2, 0) is 0 Å². The van der Waals surface area contributed by atoms with Gasteiger partial charge in [-0.15, -0.1) is 0 Å². The fraction of sp³-hybridized carbons (Fsp3) is 0.167. The molecule has 0 fully saturated rings. The number of nitrogens with zero attached hydrogens (tertiary/aromatic N) is 2. The van der Waals surface area contributed by atoms with Crippen molar-refractivity contribution in [2.75, 3.05) is 0 Å². The molecule has 0 spiro atoms. The Morgan fingerprint density at radius 3 is 3.00 bits per heavy atom. The van der Waals surface area contributed by atoms with Crippen LogP contribution in [0.1, 0.15) is 18.0 Å². The lowest BCUT2D eigenvalue weighted by Crippen LogP contribution is -2.09. The van der Waals surface area contributed by atoms with Gasteiger partial charge in [0.05, 0.1) is 18.0 Å². The number of nitriles is 1. The number of rotatable bonds is 2. The van der Waals surface area contributed by atoms with E-state index in [9.17, 15) is 0 Å². The van der Waals surface area contributed by atoms with Gasteiger partial charge in [0.15, 0.2) is 0 Å². The van der Waals surface area contributed by atoms with Gasteiger partial charge in [0.1, 0.15) is 0 Å². The lowest BCUT2D eigenvalue weighted by atomic mass is 10.1. The Hall–Kier alpha value is -1.92. The van der Waals surface area contributed by atoms with Gasteiger partial charge in [0.25, 0.3) is 0 Å². The molecule has 0 aliphatic carbocycles. The number of benzene rings is 1. The minimum absolute atomic E-state index is 0.243. The summed E-state index contributed by atoms with van der Waals surface area (Å²) in [6, 6.07) is 11.7. The molecule has 0 radical (unpaired) electrons. The second kappa shape index (κ2) is 4.07. The summed E-state index contributed by atoms with van der Waals surface area (Å²) in [6.07, 6.45) is 2.06. The maximum atomic E-state index is 8.56. The monoisotopic (exact) mass is 197 g/mol. The fourth-order valence-corrected chi connectivity index (χ4v) is 1.51. The van der Waals surface area contributed by atoms with Crippen LogP contribution < -0.4 is 5.73 Å². The summed E-state index contributed by atoms with van der Waals surface area (Å²) in [5.74, 6) is 0. The molecular weight excluding hydrogens is 186 g/mol. The van der Waals surface area contributed by atoms with Crippen molar-refractivity contribution in [2.24, 2.45) is 5.73 Å². The predicted molar refractivity (Wildman–Crippen MR) is 58.9 cm³/mol. The molecule has 1 aromatic heterocycles. The molecule has 1 atom stereocenters. The van der Waals surface area contributed by atoms with E-state index in [2.05, 4.69) is 11.1 Å². The van der Waals surface area contributed by atoms with Gasteiger partial charge in [-0.2, -0.15) is 5.26 Å². The van der Waals surface area contributed by atoms with Crippen LogP contribution >= 0.6 is 0 Å². The first-order valence-corrected chi connectivity index (χ1v) is 4.78. The summed E-state index contributed by atoms with van der Waals surface area (Å²) in [4.78, 5) is 4.30. The Kier molecular flexibility index (Phi) is 2.61. The minimum atomic E-state index is -0.243. The second-order valence-corrected chi connectivity index (χ2v) is 3.43. The lowest BCUT2D eigenvalue weighted by molar-refractivity contribution is 0.746. The zero-order valence-electron chi connectivity index (χ0n) is 8.22. The third-order valence-corrected chi connectivity index (χ3v) is 2.35. The zero-order valence-corrected chi connectivity index (χ0v) is 8.22. The number of fused-ring (bicyclic) bond motifs is 1. The number of aromatic nitrogens is 1. The summed E-state index contributed by atoms with van der Waals surface area (Å²) in [7, 11) is 0. The molecule has 0 aliphatic heterocycles. The maximum Gasteiger partial charge on any atom is 0.0702 e. The minimum Gasteiger partial charge on any atom is -0.323 e. The summed E-state index contributed by atoms with van der Waals surface area (Å²) >= 11 is 0. The van der Waals surface area contributed by atoms with Gasteiger partial charge in [-0.05, 0) is 17.7 Å². The average Bonchev–Trinajstić information content (AvgIpc) is 2.29. The van der Waals surface area contributed by atoms with Gasteiger partial charge in [-0.25, -0.2) is 0 Å². The van der Waals surface area contributed by atoms with Crippen molar-refractivity contribution in [1.82, 2.24) is 4.98 Å². The highest BCUT2D eigenvalue weighted by atomic mass is 14.7. The number of hydrogen-bond donors (Lipinski definition) is 1. The molecule has 2 aromatic rings. The molecule has 2 N–H and O–H groups in total. The first-order valence-electron chi connectivity index (χ1n) is 4.78. The van der Waals surface area contributed by atoms with Gasteiger partial charge in [0.2, 0.25) is 0 Å². The van der Waals surface area contributed by atoms with Gasteiger partial charge in [-0.3, -0.25) is 4.98 Å². The third kappa shape index (κ3) is 1.95. The van der Waals surface area contributed by atoms with Crippen molar-refractivity contribution in [3.63, 3.8) is 0 Å². The zero-order chi connectivity index (χ0) is 10.7. The van der Waals surface area contributed by atoms with Gasteiger partial charge >= 0.3 is 0 Å². The Morgan fingerprint density at radius 1 is 1.40 bits per heavy atom. The second-order valence-electron chi connectivity index (χ2n) is 3.43. The van der Waals surface area contributed by atoms with Crippen molar-refractivity contribution in [1.29, 1.82) is 5.26 Å². The van der Waals surface area contributed by atoms with E-state index < -0.39 is 0 Å². The highest BCUT2D eigenvalue weighted by Gasteiger charge is 2.06. The van der Waals surface area contributed by atoms with Crippen molar-refractivity contribution >= 4 is 10.9 Å². The number of nitrogens with two attached hydrogens (primary N) is 1. The molecule has 74 valence electrons. The molecule has 0 bridgehead atoms. The highest BCUT2D eigenvalue weighted by molar-refractivity contribution is 5.78. The van der Waals surface area contributed by atoms with Crippen LogP contribution in [0.15, 0.2) is 36.5 Å². The predicted octanol–water partition coefficient (Wildman–Crippen LogP) is 2.15. The molecule has 3 heteroatoms. The molecular formula is C12H11N3. The summed E-state index contributed by atoms with van der Waals surface area (Å²) in [5, 5.41) is 9.62. The summed E-state index contributed by atoms with van der Waals surface area (Å²) < 4.78 is 0. The standard InChI is InChI=1S/C12H11N3/c13-6-5-11(14)10-7-9-3-1-2-4-12(9)15-8-10/h1-4,7-8,11H,5,14H2/t11-/m1/s1. The fourth-order valence-electron chi connectivity index (χ4n) is 1.51. The van der Waals surface area contributed by atoms with E-state index >= 15 is 0 Å². The van der Waals surface area contributed by atoms with Crippen LogP contribution in [0, 0.1) is 11.3 Å². The maximum absolute atomic E-state index is 8.56. The van der Waals surface area contributed by atoms with Gasteiger partial charge in [-0.1, -0.05) is 18.2 Å². The van der Waals surface area contributed by atoms with Crippen LogP contribution in [0.5, 0.6) is 0 Å². The molecule has 15 heavy (non-hydrogen) atoms. The van der Waals surface area contributed by atoms with E-state index in [1.54, 1.807) is 6.20 Å². The highest BCUT2D eigenvalue weighted by Crippen LogP contribution is 2.18. The van der Waals surface area contributed by atoms with Crippen molar-refractivity contribution in [3.05, 3.63) is 42.1 Å². The summed E-state index contributed by atoms with van der Waals surface area (Å²) in [6.45, 7) is 0. The Labute approximate surface area is 88.2 Å². The third-order valence-electron chi connectivity index (χ3n) is 2.35. The SMILES string of the molecule is N#CC[C@@H](N)c1cnc2ccccc2c1. The lowest BCUT2D eigenvalue weighted by Gasteiger charge is -2.07. The van der Waals surface area contributed by atoms with Gasteiger partial charge in [0, 0.05) is 17.6 Å². The van der Waals surface area contributed by atoms with Crippen LogP contribution in [-0.4, -0.2) is 4.98 Å². The van der Waals surface area contributed by atoms with Gasteiger partial charge < -0.3 is 5.73 Å². The van der Waals surface area contributed by atoms with Crippen LogP contribution in [0.25, 0.3) is 10.9 Å². The quantitative estimate of drug-likeness (QED) is 0.802. The Morgan fingerprint density at radius 2 is 2.20 bits per heavy atom. The topological polar surface area (TPSA) is 62.7 Å². The van der Waals surface area contributed by atoms with E-state index in [1.165, 1.54) is 0 Å². The Balaban J connectivity index is 2.43. The molecule has 0 saturated heterocycles. The smallest absolute Gasteiger partial charge is 0.0702 e. The normalized spacial score (nSPS) is 12.3. The number of para-hydroxylation sites is 1. The molecule has 1 aromatic carbocycles. The number of pyridine rings is 1. The van der Waals surface area contributed by atoms with Crippen molar-refractivity contribution in [2.45, 2.75) is 12.5 Å². The molecule has 1 heterocycles. The van der Waals surface area contributed by atoms with Crippen molar-refractivity contribution in [3.8, 4) is 6.07 Å². The Bertz CT molecular complexity index is 514. The first kappa shape index (κ1) is 9.63. The van der Waals surface area contributed by atoms with Crippen LogP contribution in [0.4, 0.5) is 0 Å². The molecule has 0 saturated carbocycles. The number of hydrogen-bond acceptors (Lipinski definition) is 3. The molecule has 2 rings (SSSR count). The molecule has 3 nitrogen and oxygen atoms in total. The van der Waals surface area contributed by atoms with E-state index in [0.717, 1.165) is 16.5 Å². The first-order chi connectivity index (χ1) is 7.31. The van der Waals surface area contributed by atoms with E-state index in [4.69, 9.17) is 11.0 Å². The van der Waals surface area contributed by atoms with Crippen molar-refractivity contribution < 1.29 is 0 Å².